The lowest BCUT2D eigenvalue weighted by molar-refractivity contribution is -0.118. The molecule has 2 amide bonds. The molecular weight excluding hydrogens is 432 g/mol. The molecule has 0 unspecified atom stereocenters. The summed E-state index contributed by atoms with van der Waals surface area (Å²) >= 11 is 5.97. The molecule has 3 aromatic rings. The quantitative estimate of drug-likeness (QED) is 0.503. The first-order chi connectivity index (χ1) is 15.5. The molecule has 0 bridgehead atoms. The molecule has 0 aliphatic carbocycles. The fourth-order valence-corrected chi connectivity index (χ4v) is 3.15. The normalized spacial score (nSPS) is 10.2. The average molecular weight is 455 g/mol. The minimum absolute atomic E-state index is 0.241. The maximum Gasteiger partial charge on any atom is 0.262 e. The number of methoxy groups -OCH3 is 2. The zero-order chi connectivity index (χ0) is 22.9. The number of amides is 2. The third-order valence-corrected chi connectivity index (χ3v) is 4.74. The molecule has 7 nitrogen and oxygen atoms in total. The Morgan fingerprint density at radius 1 is 0.875 bits per heavy atom. The Kier molecular flexibility index (Phi) is 7.94. The molecule has 0 aliphatic rings. The molecule has 0 fully saturated rings. The zero-order valence-corrected chi connectivity index (χ0v) is 18.4. The lowest BCUT2D eigenvalue weighted by Crippen LogP contribution is -2.23. The molecule has 0 heterocycles. The van der Waals surface area contributed by atoms with Crippen molar-refractivity contribution in [3.8, 4) is 17.2 Å². The highest BCUT2D eigenvalue weighted by atomic mass is 35.5. The van der Waals surface area contributed by atoms with Gasteiger partial charge in [-0.2, -0.15) is 0 Å². The summed E-state index contributed by atoms with van der Waals surface area (Å²) < 4.78 is 16.1. The number of para-hydroxylation sites is 2. The fraction of sp³-hybridized carbons (Fsp3) is 0.167. The van der Waals surface area contributed by atoms with E-state index in [1.807, 2.05) is 18.2 Å². The summed E-state index contributed by atoms with van der Waals surface area (Å²) in [5, 5.41) is 6.17. The first-order valence-corrected chi connectivity index (χ1v) is 10.1. The Morgan fingerprint density at radius 3 is 2.41 bits per heavy atom. The molecule has 166 valence electrons. The molecule has 0 aromatic heterocycles. The molecule has 0 saturated heterocycles. The van der Waals surface area contributed by atoms with Crippen LogP contribution in [0.1, 0.15) is 15.9 Å². The van der Waals surface area contributed by atoms with E-state index in [2.05, 4.69) is 10.6 Å². The highest BCUT2D eigenvalue weighted by molar-refractivity contribution is 6.30. The van der Waals surface area contributed by atoms with Gasteiger partial charge in [0.1, 0.15) is 5.75 Å². The van der Waals surface area contributed by atoms with Crippen molar-refractivity contribution < 1.29 is 23.8 Å². The number of carbonyl (C=O) groups excluding carboxylic acids is 2. The van der Waals surface area contributed by atoms with Gasteiger partial charge in [-0.1, -0.05) is 35.9 Å². The number of hydrogen-bond donors (Lipinski definition) is 2. The van der Waals surface area contributed by atoms with E-state index in [4.69, 9.17) is 25.8 Å². The van der Waals surface area contributed by atoms with Crippen molar-refractivity contribution in [3.63, 3.8) is 0 Å². The molecule has 0 saturated carbocycles. The van der Waals surface area contributed by atoms with Crippen LogP contribution in [0.15, 0.2) is 66.7 Å². The summed E-state index contributed by atoms with van der Waals surface area (Å²) in [7, 11) is 2.99. The van der Waals surface area contributed by atoms with Gasteiger partial charge in [-0.05, 0) is 48.0 Å². The van der Waals surface area contributed by atoms with Crippen LogP contribution in [-0.2, 0) is 11.3 Å². The predicted molar refractivity (Wildman–Crippen MR) is 123 cm³/mol. The summed E-state index contributed by atoms with van der Waals surface area (Å²) in [4.78, 5) is 24.8. The molecule has 0 radical (unpaired) electrons. The molecule has 8 heteroatoms. The maximum atomic E-state index is 12.5. The number of anilines is 1. The highest BCUT2D eigenvalue weighted by Crippen LogP contribution is 2.28. The SMILES string of the molecule is COc1ccccc1NC(=O)COc1ccc(C(=O)NCc2cccc(Cl)c2)cc1OC. The second-order valence-electron chi connectivity index (χ2n) is 6.72. The first-order valence-electron chi connectivity index (χ1n) is 9.76. The van der Waals surface area contributed by atoms with Gasteiger partial charge in [-0.3, -0.25) is 9.59 Å². The summed E-state index contributed by atoms with van der Waals surface area (Å²) in [6.45, 7) is 0.0950. The lowest BCUT2D eigenvalue weighted by atomic mass is 10.1. The van der Waals surface area contributed by atoms with Crippen LogP contribution in [0.25, 0.3) is 0 Å². The number of halogens is 1. The third-order valence-electron chi connectivity index (χ3n) is 4.51. The predicted octanol–water partition coefficient (Wildman–Crippen LogP) is 4.30. The molecule has 0 spiro atoms. The number of carbonyl (C=O) groups is 2. The van der Waals surface area contributed by atoms with E-state index in [0.717, 1.165) is 5.56 Å². The first kappa shape index (κ1) is 23.0. The van der Waals surface area contributed by atoms with Crippen LogP contribution in [0.3, 0.4) is 0 Å². The van der Waals surface area contributed by atoms with Crippen LogP contribution in [0.5, 0.6) is 17.2 Å². The van der Waals surface area contributed by atoms with Gasteiger partial charge in [0.05, 0.1) is 19.9 Å². The monoisotopic (exact) mass is 454 g/mol. The van der Waals surface area contributed by atoms with Crippen molar-refractivity contribution in [1.82, 2.24) is 5.32 Å². The summed E-state index contributed by atoms with van der Waals surface area (Å²) in [5.41, 5.74) is 1.83. The Morgan fingerprint density at radius 2 is 1.66 bits per heavy atom. The standard InChI is InChI=1S/C24H23ClN2O5/c1-30-20-9-4-3-8-19(20)27-23(28)15-32-21-11-10-17(13-22(21)31-2)24(29)26-14-16-6-5-7-18(25)12-16/h3-13H,14-15H2,1-2H3,(H,26,29)(H,27,28). The average Bonchev–Trinajstić information content (AvgIpc) is 2.81. The number of rotatable bonds is 9. The Bertz CT molecular complexity index is 1100. The Hall–Kier alpha value is -3.71. The number of hydrogen-bond acceptors (Lipinski definition) is 5. The molecule has 3 rings (SSSR count). The van der Waals surface area contributed by atoms with E-state index < -0.39 is 0 Å². The summed E-state index contributed by atoms with van der Waals surface area (Å²) in [5.74, 6) is 0.592. The summed E-state index contributed by atoms with van der Waals surface area (Å²) in [6.07, 6.45) is 0. The van der Waals surface area contributed by atoms with Crippen LogP contribution >= 0.6 is 11.6 Å². The third kappa shape index (κ3) is 6.15. The summed E-state index contributed by atoms with van der Waals surface area (Å²) in [6, 6.07) is 19.1. The van der Waals surface area contributed by atoms with Crippen molar-refractivity contribution in [2.24, 2.45) is 0 Å². The fourth-order valence-electron chi connectivity index (χ4n) is 2.94. The maximum absolute atomic E-state index is 12.5. The highest BCUT2D eigenvalue weighted by Gasteiger charge is 2.13. The van der Waals surface area contributed by atoms with Crippen LogP contribution in [0.2, 0.25) is 5.02 Å². The molecular formula is C24H23ClN2O5. The minimum Gasteiger partial charge on any atom is -0.495 e. The van der Waals surface area contributed by atoms with Gasteiger partial charge >= 0.3 is 0 Å². The van der Waals surface area contributed by atoms with E-state index in [0.29, 0.717) is 40.1 Å². The smallest absolute Gasteiger partial charge is 0.262 e. The van der Waals surface area contributed by atoms with Crippen LogP contribution in [-0.4, -0.2) is 32.6 Å². The largest absolute Gasteiger partial charge is 0.495 e. The van der Waals surface area contributed by atoms with Crippen molar-refractivity contribution in [3.05, 3.63) is 82.9 Å². The van der Waals surface area contributed by atoms with E-state index >= 15 is 0 Å². The van der Waals surface area contributed by atoms with Gasteiger partial charge in [-0.25, -0.2) is 0 Å². The van der Waals surface area contributed by atoms with Crippen LogP contribution in [0, 0.1) is 0 Å². The second-order valence-corrected chi connectivity index (χ2v) is 7.15. The van der Waals surface area contributed by atoms with E-state index in [-0.39, 0.29) is 18.4 Å². The Labute approximate surface area is 191 Å². The molecule has 0 atom stereocenters. The van der Waals surface area contributed by atoms with E-state index in [1.54, 1.807) is 48.5 Å². The number of nitrogens with one attached hydrogen (secondary N) is 2. The van der Waals surface area contributed by atoms with Crippen molar-refractivity contribution in [1.29, 1.82) is 0 Å². The van der Waals surface area contributed by atoms with Gasteiger partial charge < -0.3 is 24.8 Å². The van der Waals surface area contributed by atoms with Crippen molar-refractivity contribution in [2.75, 3.05) is 26.1 Å². The Balaban J connectivity index is 1.59. The molecule has 32 heavy (non-hydrogen) atoms. The van der Waals surface area contributed by atoms with Gasteiger partial charge in [-0.15, -0.1) is 0 Å². The van der Waals surface area contributed by atoms with Gasteiger partial charge in [0.15, 0.2) is 18.1 Å². The zero-order valence-electron chi connectivity index (χ0n) is 17.7. The minimum atomic E-state index is -0.361. The van der Waals surface area contributed by atoms with Crippen LogP contribution in [0.4, 0.5) is 5.69 Å². The lowest BCUT2D eigenvalue weighted by Gasteiger charge is -2.13. The van der Waals surface area contributed by atoms with Gasteiger partial charge in [0.2, 0.25) is 0 Å². The number of benzene rings is 3. The van der Waals surface area contributed by atoms with Crippen molar-refractivity contribution in [2.45, 2.75) is 6.54 Å². The van der Waals surface area contributed by atoms with E-state index in [1.165, 1.54) is 14.2 Å². The van der Waals surface area contributed by atoms with E-state index in [9.17, 15) is 9.59 Å². The van der Waals surface area contributed by atoms with Crippen LogP contribution < -0.4 is 24.8 Å². The van der Waals surface area contributed by atoms with Gasteiger partial charge in [0.25, 0.3) is 11.8 Å². The van der Waals surface area contributed by atoms with Gasteiger partial charge in [0, 0.05) is 17.1 Å². The molecule has 0 aliphatic heterocycles. The molecule has 2 N–H and O–H groups in total. The second kappa shape index (κ2) is 11.1. The molecule has 3 aromatic carbocycles. The topological polar surface area (TPSA) is 85.9 Å². The van der Waals surface area contributed by atoms with Crippen molar-refractivity contribution >= 4 is 29.1 Å². The number of ether oxygens (including phenoxy) is 3.